The lowest BCUT2D eigenvalue weighted by molar-refractivity contribution is -0.141. The van der Waals surface area contributed by atoms with Gasteiger partial charge in [0.25, 0.3) is 0 Å². The van der Waals surface area contributed by atoms with E-state index < -0.39 is 11.9 Å². The van der Waals surface area contributed by atoms with Gasteiger partial charge < -0.3 is 20.1 Å². The largest absolute Gasteiger partial charge is 0.433 e. The molecule has 2 saturated heterocycles. The Bertz CT molecular complexity index is 816. The average molecular weight is 424 g/mol. The van der Waals surface area contributed by atoms with Gasteiger partial charge in [-0.05, 0) is 37.8 Å². The minimum absolute atomic E-state index is 0.0391. The van der Waals surface area contributed by atoms with Crippen LogP contribution in [0.15, 0.2) is 18.2 Å². The van der Waals surface area contributed by atoms with Crippen molar-refractivity contribution in [1.29, 1.82) is 0 Å². The number of alkyl halides is 3. The monoisotopic (exact) mass is 424 g/mol. The number of hydrogen-bond donors (Lipinski definition) is 2. The summed E-state index contributed by atoms with van der Waals surface area (Å²) in [6.45, 7) is 2.55. The van der Waals surface area contributed by atoms with E-state index in [4.69, 9.17) is 9.47 Å². The number of halogens is 3. The molecule has 0 aromatic carbocycles. The first-order chi connectivity index (χ1) is 14.5. The fourth-order valence-corrected chi connectivity index (χ4v) is 3.39. The predicted molar refractivity (Wildman–Crippen MR) is 103 cm³/mol. The molecule has 0 unspecified atom stereocenters. The minimum atomic E-state index is -4.55. The number of pyridine rings is 1. The standard InChI is InChI=1S/C19H23F3N6O2/c20-19(21,22)15-3-1-2-14(25-15)16-26-17(23-12-4-8-29-9-5-12)28-18(27-16)24-13-6-10-30-11-7-13/h1-3,12-13H,4-11H2,(H2,23,24,26,27,28). The average Bonchev–Trinajstić information content (AvgIpc) is 2.74. The zero-order chi connectivity index (χ0) is 21.0. The van der Waals surface area contributed by atoms with E-state index >= 15 is 0 Å². The fourth-order valence-electron chi connectivity index (χ4n) is 3.39. The van der Waals surface area contributed by atoms with Crippen molar-refractivity contribution in [3.8, 4) is 11.5 Å². The lowest BCUT2D eigenvalue weighted by Gasteiger charge is -2.25. The van der Waals surface area contributed by atoms with Crippen molar-refractivity contribution in [2.45, 2.75) is 43.9 Å². The molecule has 2 aliphatic heterocycles. The second kappa shape index (κ2) is 9.09. The molecule has 0 bridgehead atoms. The van der Waals surface area contributed by atoms with E-state index in [1.54, 1.807) is 0 Å². The van der Waals surface area contributed by atoms with Gasteiger partial charge in [0.15, 0.2) is 5.82 Å². The quantitative estimate of drug-likeness (QED) is 0.756. The second-order valence-corrected chi connectivity index (χ2v) is 7.27. The number of aromatic nitrogens is 4. The Morgan fingerprint density at radius 1 is 0.767 bits per heavy atom. The van der Waals surface area contributed by atoms with Crippen LogP contribution in [0.1, 0.15) is 31.4 Å². The molecule has 0 amide bonds. The number of ether oxygens (including phenoxy) is 2. The molecular weight excluding hydrogens is 401 g/mol. The summed E-state index contributed by atoms with van der Waals surface area (Å²) in [5.74, 6) is 0.696. The van der Waals surface area contributed by atoms with Crippen molar-refractivity contribution in [3.63, 3.8) is 0 Å². The van der Waals surface area contributed by atoms with E-state index in [0.717, 1.165) is 31.7 Å². The molecule has 4 rings (SSSR count). The molecule has 162 valence electrons. The maximum atomic E-state index is 13.1. The lowest BCUT2D eigenvalue weighted by atomic mass is 10.1. The molecule has 2 aromatic rings. The Morgan fingerprint density at radius 2 is 1.30 bits per heavy atom. The molecule has 0 aliphatic carbocycles. The zero-order valence-electron chi connectivity index (χ0n) is 16.3. The van der Waals surface area contributed by atoms with E-state index in [0.29, 0.717) is 38.3 Å². The SMILES string of the molecule is FC(F)(F)c1cccc(-c2nc(NC3CCOCC3)nc(NC3CCOCC3)n2)n1. The fraction of sp³-hybridized carbons (Fsp3) is 0.579. The lowest BCUT2D eigenvalue weighted by Crippen LogP contribution is -2.30. The highest BCUT2D eigenvalue weighted by atomic mass is 19.4. The molecule has 0 atom stereocenters. The summed E-state index contributed by atoms with van der Waals surface area (Å²) < 4.78 is 50.0. The van der Waals surface area contributed by atoms with Crippen LogP contribution in [0.25, 0.3) is 11.5 Å². The maximum absolute atomic E-state index is 13.1. The van der Waals surface area contributed by atoms with Gasteiger partial charge in [-0.15, -0.1) is 0 Å². The molecular formula is C19H23F3N6O2. The topological polar surface area (TPSA) is 94.1 Å². The summed E-state index contributed by atoms with van der Waals surface area (Å²) in [5, 5.41) is 6.51. The summed E-state index contributed by atoms with van der Waals surface area (Å²) in [5.41, 5.74) is -0.949. The van der Waals surface area contributed by atoms with Gasteiger partial charge in [0.05, 0.1) is 0 Å². The van der Waals surface area contributed by atoms with E-state index in [9.17, 15) is 13.2 Å². The van der Waals surface area contributed by atoms with Crippen LogP contribution in [0.4, 0.5) is 25.1 Å². The maximum Gasteiger partial charge on any atom is 0.433 e. The summed E-state index contributed by atoms with van der Waals surface area (Å²) >= 11 is 0. The minimum Gasteiger partial charge on any atom is -0.381 e. The first-order valence-corrected chi connectivity index (χ1v) is 9.96. The predicted octanol–water partition coefficient (Wildman–Crippen LogP) is 3.13. The van der Waals surface area contributed by atoms with E-state index in [1.807, 2.05) is 0 Å². The van der Waals surface area contributed by atoms with Gasteiger partial charge in [0, 0.05) is 38.5 Å². The molecule has 0 spiro atoms. The second-order valence-electron chi connectivity index (χ2n) is 7.27. The van der Waals surface area contributed by atoms with Gasteiger partial charge in [-0.25, -0.2) is 4.98 Å². The Morgan fingerprint density at radius 3 is 1.80 bits per heavy atom. The van der Waals surface area contributed by atoms with Crippen LogP contribution in [0.3, 0.4) is 0 Å². The summed E-state index contributed by atoms with van der Waals surface area (Å²) in [6, 6.07) is 3.93. The number of nitrogens with one attached hydrogen (secondary N) is 2. The molecule has 8 nitrogen and oxygen atoms in total. The van der Waals surface area contributed by atoms with Crippen LogP contribution in [0.5, 0.6) is 0 Å². The van der Waals surface area contributed by atoms with E-state index in [-0.39, 0.29) is 23.6 Å². The molecule has 4 heterocycles. The Labute approximate surface area is 171 Å². The smallest absolute Gasteiger partial charge is 0.381 e. The Hall–Kier alpha value is -2.53. The highest BCUT2D eigenvalue weighted by Gasteiger charge is 2.32. The van der Waals surface area contributed by atoms with Crippen LogP contribution in [-0.4, -0.2) is 58.4 Å². The van der Waals surface area contributed by atoms with Crippen LogP contribution >= 0.6 is 0 Å². The Kier molecular flexibility index (Phi) is 6.28. The van der Waals surface area contributed by atoms with Crippen LogP contribution in [0.2, 0.25) is 0 Å². The van der Waals surface area contributed by atoms with Crippen molar-refractivity contribution in [3.05, 3.63) is 23.9 Å². The Balaban J connectivity index is 1.64. The van der Waals surface area contributed by atoms with Gasteiger partial charge in [-0.3, -0.25) is 0 Å². The van der Waals surface area contributed by atoms with Crippen molar-refractivity contribution in [2.24, 2.45) is 0 Å². The van der Waals surface area contributed by atoms with Gasteiger partial charge in [0.2, 0.25) is 11.9 Å². The molecule has 0 radical (unpaired) electrons. The van der Waals surface area contributed by atoms with Crippen LogP contribution in [-0.2, 0) is 15.7 Å². The zero-order valence-corrected chi connectivity index (χ0v) is 16.3. The highest BCUT2D eigenvalue weighted by molar-refractivity contribution is 5.54. The van der Waals surface area contributed by atoms with Crippen LogP contribution in [0, 0.1) is 0 Å². The molecule has 2 fully saturated rings. The van der Waals surface area contributed by atoms with Crippen LogP contribution < -0.4 is 10.6 Å². The van der Waals surface area contributed by atoms with Crippen molar-refractivity contribution >= 4 is 11.9 Å². The third-order valence-electron chi connectivity index (χ3n) is 5.01. The molecule has 11 heteroatoms. The van der Waals surface area contributed by atoms with Gasteiger partial charge in [0.1, 0.15) is 11.4 Å². The summed E-state index contributed by atoms with van der Waals surface area (Å²) in [6.07, 6.45) is -1.36. The number of hydrogen-bond acceptors (Lipinski definition) is 8. The summed E-state index contributed by atoms with van der Waals surface area (Å²) in [4.78, 5) is 16.8. The molecule has 2 aliphatic rings. The van der Waals surface area contributed by atoms with Crippen molar-refractivity contribution in [2.75, 3.05) is 37.1 Å². The van der Waals surface area contributed by atoms with Crippen molar-refractivity contribution < 1.29 is 22.6 Å². The normalized spacial score (nSPS) is 18.9. The van der Waals surface area contributed by atoms with Gasteiger partial charge >= 0.3 is 6.18 Å². The number of rotatable bonds is 5. The number of nitrogens with zero attached hydrogens (tertiary/aromatic N) is 4. The van der Waals surface area contributed by atoms with Gasteiger partial charge in [-0.2, -0.15) is 28.1 Å². The third-order valence-corrected chi connectivity index (χ3v) is 5.01. The first kappa shape index (κ1) is 20.7. The highest BCUT2D eigenvalue weighted by Crippen LogP contribution is 2.29. The van der Waals surface area contributed by atoms with Crippen molar-refractivity contribution in [1.82, 2.24) is 19.9 Å². The van der Waals surface area contributed by atoms with E-state index in [1.165, 1.54) is 12.1 Å². The molecule has 0 saturated carbocycles. The molecule has 2 N–H and O–H groups in total. The van der Waals surface area contributed by atoms with E-state index in [2.05, 4.69) is 30.6 Å². The van der Waals surface area contributed by atoms with Gasteiger partial charge in [-0.1, -0.05) is 6.07 Å². The molecule has 30 heavy (non-hydrogen) atoms. The third kappa shape index (κ3) is 5.33. The summed E-state index contributed by atoms with van der Waals surface area (Å²) in [7, 11) is 0. The first-order valence-electron chi connectivity index (χ1n) is 9.96. The number of anilines is 2. The molecule has 2 aromatic heterocycles.